The average Bonchev–Trinajstić information content (AvgIpc) is 2.27. The van der Waals surface area contributed by atoms with E-state index >= 15 is 0 Å². The molecule has 1 heterocycles. The second-order valence-electron chi connectivity index (χ2n) is 4.49. The Kier molecular flexibility index (Phi) is 3.38. The molecule has 1 aliphatic carbocycles. The van der Waals surface area contributed by atoms with Crippen LogP contribution in [0.2, 0.25) is 0 Å². The summed E-state index contributed by atoms with van der Waals surface area (Å²) in [6.45, 7) is 1.80. The minimum Gasteiger partial charge on any atom is -0.325 e. The van der Waals surface area contributed by atoms with E-state index in [0.717, 1.165) is 36.9 Å². The minimum atomic E-state index is -3.42. The van der Waals surface area contributed by atoms with Crippen LogP contribution in [0.3, 0.4) is 0 Å². The molecule has 0 fully saturated rings. The number of H-pyrrole nitrogens is 1. The van der Waals surface area contributed by atoms with Gasteiger partial charge in [-0.1, -0.05) is 6.92 Å². The lowest BCUT2D eigenvalue weighted by atomic mass is 9.96. The second-order valence-corrected chi connectivity index (χ2v) is 6.57. The molecule has 0 amide bonds. The van der Waals surface area contributed by atoms with Crippen LogP contribution < -0.4 is 5.56 Å². The minimum absolute atomic E-state index is 0.0366. The number of rotatable bonds is 3. The zero-order valence-electron chi connectivity index (χ0n) is 9.95. The molecule has 5 heteroatoms. The number of fused-ring (bicyclic) bond motifs is 1. The Morgan fingerprint density at radius 2 is 2.00 bits per heavy atom. The van der Waals surface area contributed by atoms with E-state index in [0.29, 0.717) is 6.42 Å². The second kappa shape index (κ2) is 4.64. The summed E-state index contributed by atoms with van der Waals surface area (Å²) in [5.74, 6) is 0.0366. The highest BCUT2D eigenvalue weighted by atomic mass is 32.2. The molecule has 1 aliphatic rings. The summed E-state index contributed by atoms with van der Waals surface area (Å²) in [5.41, 5.74) is 1.45. The number of aromatic nitrogens is 1. The monoisotopic (exact) mass is 255 g/mol. The Hall–Kier alpha value is -1.10. The molecule has 0 spiro atoms. The number of nitrogens with one attached hydrogen (secondary N) is 1. The van der Waals surface area contributed by atoms with Crippen molar-refractivity contribution in [2.75, 3.05) is 5.75 Å². The van der Waals surface area contributed by atoms with Crippen LogP contribution in [-0.4, -0.2) is 19.2 Å². The third kappa shape index (κ3) is 2.44. The van der Waals surface area contributed by atoms with E-state index in [4.69, 9.17) is 0 Å². The fraction of sp³-hybridized carbons (Fsp3) is 0.583. The van der Waals surface area contributed by atoms with Crippen molar-refractivity contribution in [3.8, 4) is 0 Å². The summed E-state index contributed by atoms with van der Waals surface area (Å²) in [7, 11) is -3.42. The zero-order chi connectivity index (χ0) is 12.5. The molecular weight excluding hydrogens is 238 g/mol. The van der Waals surface area contributed by atoms with Gasteiger partial charge in [-0.3, -0.25) is 4.79 Å². The number of sulfone groups is 1. The molecule has 0 radical (unpaired) electrons. The van der Waals surface area contributed by atoms with Gasteiger partial charge in [-0.05, 0) is 43.7 Å². The van der Waals surface area contributed by atoms with Gasteiger partial charge in [0.15, 0.2) is 9.84 Å². The summed E-state index contributed by atoms with van der Waals surface area (Å²) >= 11 is 0. The first-order valence-electron chi connectivity index (χ1n) is 6.02. The highest BCUT2D eigenvalue weighted by Gasteiger charge is 2.21. The number of hydrogen-bond donors (Lipinski definition) is 1. The van der Waals surface area contributed by atoms with Crippen LogP contribution in [0.1, 0.15) is 37.4 Å². The maximum absolute atomic E-state index is 11.9. The zero-order valence-corrected chi connectivity index (χ0v) is 10.8. The number of hydrogen-bond acceptors (Lipinski definition) is 3. The molecule has 0 saturated heterocycles. The van der Waals surface area contributed by atoms with E-state index in [1.807, 2.05) is 0 Å². The van der Waals surface area contributed by atoms with Crippen molar-refractivity contribution in [2.45, 2.75) is 43.9 Å². The standard InChI is InChI=1S/C12H17NO3S/c1-2-7-17(15,16)11-8-9-5-3-4-6-10(9)13-12(11)14/h8H,2-7H2,1H3,(H,13,14). The van der Waals surface area contributed by atoms with Gasteiger partial charge in [-0.2, -0.15) is 0 Å². The van der Waals surface area contributed by atoms with E-state index in [1.54, 1.807) is 13.0 Å². The first-order valence-corrected chi connectivity index (χ1v) is 7.67. The summed E-state index contributed by atoms with van der Waals surface area (Å²) in [4.78, 5) is 14.4. The number of aromatic amines is 1. The molecule has 1 aromatic rings. The van der Waals surface area contributed by atoms with Gasteiger partial charge in [0.25, 0.3) is 5.56 Å². The van der Waals surface area contributed by atoms with Gasteiger partial charge in [-0.25, -0.2) is 8.42 Å². The molecule has 94 valence electrons. The van der Waals surface area contributed by atoms with Crippen LogP contribution in [0.4, 0.5) is 0 Å². The number of pyridine rings is 1. The summed E-state index contributed by atoms with van der Waals surface area (Å²) in [5, 5.41) is 0. The van der Waals surface area contributed by atoms with Crippen LogP contribution in [0.5, 0.6) is 0 Å². The first-order chi connectivity index (χ1) is 8.04. The Labute approximate surface area is 101 Å². The quantitative estimate of drug-likeness (QED) is 0.888. The van der Waals surface area contributed by atoms with Crippen molar-refractivity contribution < 1.29 is 8.42 Å². The maximum atomic E-state index is 11.9. The molecule has 0 atom stereocenters. The van der Waals surface area contributed by atoms with Gasteiger partial charge >= 0.3 is 0 Å². The van der Waals surface area contributed by atoms with Crippen LogP contribution in [-0.2, 0) is 22.7 Å². The maximum Gasteiger partial charge on any atom is 0.266 e. The fourth-order valence-electron chi connectivity index (χ4n) is 2.26. The number of aryl methyl sites for hydroxylation is 2. The molecule has 2 rings (SSSR count). The van der Waals surface area contributed by atoms with Gasteiger partial charge in [0, 0.05) is 5.69 Å². The summed E-state index contributed by atoms with van der Waals surface area (Å²) in [6.07, 6.45) is 4.36. The third-order valence-electron chi connectivity index (χ3n) is 3.11. The largest absolute Gasteiger partial charge is 0.325 e. The normalized spacial score (nSPS) is 15.6. The lowest BCUT2D eigenvalue weighted by Crippen LogP contribution is -2.23. The van der Waals surface area contributed by atoms with E-state index in [9.17, 15) is 13.2 Å². The molecule has 17 heavy (non-hydrogen) atoms. The predicted octanol–water partition coefficient (Wildman–Crippen LogP) is 1.44. The van der Waals surface area contributed by atoms with Crippen LogP contribution >= 0.6 is 0 Å². The molecular formula is C12H17NO3S. The lowest BCUT2D eigenvalue weighted by molar-refractivity contribution is 0.591. The van der Waals surface area contributed by atoms with Crippen molar-refractivity contribution >= 4 is 9.84 Å². The molecule has 0 bridgehead atoms. The van der Waals surface area contributed by atoms with Crippen molar-refractivity contribution in [3.05, 3.63) is 27.7 Å². The van der Waals surface area contributed by atoms with E-state index in [-0.39, 0.29) is 10.6 Å². The van der Waals surface area contributed by atoms with Gasteiger partial charge < -0.3 is 4.98 Å². The molecule has 1 N–H and O–H groups in total. The molecule has 0 aromatic carbocycles. The summed E-state index contributed by atoms with van der Waals surface area (Å²) < 4.78 is 23.8. The van der Waals surface area contributed by atoms with E-state index in [1.165, 1.54) is 0 Å². The van der Waals surface area contributed by atoms with Gasteiger partial charge in [0.1, 0.15) is 4.90 Å². The molecule has 0 unspecified atom stereocenters. The molecule has 0 aliphatic heterocycles. The Bertz CT molecular complexity index is 572. The van der Waals surface area contributed by atoms with E-state index < -0.39 is 15.4 Å². The first kappa shape index (κ1) is 12.4. The fourth-order valence-corrected chi connectivity index (χ4v) is 3.68. The van der Waals surface area contributed by atoms with Gasteiger partial charge in [0.2, 0.25) is 0 Å². The Balaban J connectivity index is 2.53. The van der Waals surface area contributed by atoms with Crippen molar-refractivity contribution in [1.29, 1.82) is 0 Å². The lowest BCUT2D eigenvalue weighted by Gasteiger charge is -2.15. The van der Waals surface area contributed by atoms with Crippen LogP contribution in [0.15, 0.2) is 15.8 Å². The highest BCUT2D eigenvalue weighted by Crippen LogP contribution is 2.20. The van der Waals surface area contributed by atoms with Crippen molar-refractivity contribution in [3.63, 3.8) is 0 Å². The van der Waals surface area contributed by atoms with Crippen molar-refractivity contribution in [1.82, 2.24) is 4.98 Å². The Morgan fingerprint density at radius 1 is 1.29 bits per heavy atom. The smallest absolute Gasteiger partial charge is 0.266 e. The average molecular weight is 255 g/mol. The molecule has 1 aromatic heterocycles. The van der Waals surface area contributed by atoms with Gasteiger partial charge in [-0.15, -0.1) is 0 Å². The SMILES string of the molecule is CCCS(=O)(=O)c1cc2c([nH]c1=O)CCCC2. The third-order valence-corrected chi connectivity index (χ3v) is 5.03. The molecule has 0 saturated carbocycles. The van der Waals surface area contributed by atoms with Gasteiger partial charge in [0.05, 0.1) is 5.75 Å². The van der Waals surface area contributed by atoms with Crippen LogP contribution in [0, 0.1) is 0 Å². The topological polar surface area (TPSA) is 67.0 Å². The van der Waals surface area contributed by atoms with Crippen LogP contribution in [0.25, 0.3) is 0 Å². The predicted molar refractivity (Wildman–Crippen MR) is 66.0 cm³/mol. The highest BCUT2D eigenvalue weighted by molar-refractivity contribution is 7.91. The summed E-state index contributed by atoms with van der Waals surface area (Å²) in [6, 6.07) is 1.58. The molecule has 4 nitrogen and oxygen atoms in total. The Morgan fingerprint density at radius 3 is 2.71 bits per heavy atom. The van der Waals surface area contributed by atoms with E-state index in [2.05, 4.69) is 4.98 Å². The van der Waals surface area contributed by atoms with Crippen molar-refractivity contribution in [2.24, 2.45) is 0 Å².